The molecule has 3 heteroatoms. The van der Waals surface area contributed by atoms with Gasteiger partial charge in [0.05, 0.1) is 6.26 Å². The van der Waals surface area contributed by atoms with E-state index >= 15 is 0 Å². The summed E-state index contributed by atoms with van der Waals surface area (Å²) in [5.41, 5.74) is 1.25. The van der Waals surface area contributed by atoms with Crippen molar-refractivity contribution in [1.82, 2.24) is 5.32 Å². The Morgan fingerprint density at radius 3 is 2.94 bits per heavy atom. The Bertz CT molecular complexity index is 433. The van der Waals surface area contributed by atoms with E-state index in [2.05, 4.69) is 35.8 Å². The predicted molar refractivity (Wildman–Crippen MR) is 72.5 cm³/mol. The molecular formula is C14H19NOS. The molecule has 2 aromatic heterocycles. The molecule has 2 heterocycles. The lowest BCUT2D eigenvalue weighted by atomic mass is 10.1. The first-order valence-corrected chi connectivity index (χ1v) is 6.98. The van der Waals surface area contributed by atoms with E-state index in [0.29, 0.717) is 6.04 Å². The lowest BCUT2D eigenvalue weighted by Gasteiger charge is -2.16. The standard InChI is InChI=1S/C14H19NOS/c1-3-6-15-14(9-13-5-4-7-17-13)12-8-11(2)16-10-12/h4-5,7-8,10,14-15H,3,6,9H2,1-2H3. The molecule has 0 bridgehead atoms. The Labute approximate surface area is 107 Å². The second-order valence-electron chi connectivity index (χ2n) is 4.28. The van der Waals surface area contributed by atoms with E-state index in [1.807, 2.05) is 24.5 Å². The molecule has 0 aromatic carbocycles. The zero-order valence-corrected chi connectivity index (χ0v) is 11.2. The van der Waals surface area contributed by atoms with Crippen molar-refractivity contribution in [2.24, 2.45) is 0 Å². The topological polar surface area (TPSA) is 25.2 Å². The van der Waals surface area contributed by atoms with Gasteiger partial charge >= 0.3 is 0 Å². The van der Waals surface area contributed by atoms with E-state index in [-0.39, 0.29) is 0 Å². The first-order chi connectivity index (χ1) is 8.29. The van der Waals surface area contributed by atoms with E-state index in [4.69, 9.17) is 4.42 Å². The van der Waals surface area contributed by atoms with Crippen molar-refractivity contribution < 1.29 is 4.42 Å². The molecule has 0 aliphatic carbocycles. The fraction of sp³-hybridized carbons (Fsp3) is 0.429. The van der Waals surface area contributed by atoms with E-state index in [9.17, 15) is 0 Å². The number of thiophene rings is 1. The zero-order valence-electron chi connectivity index (χ0n) is 10.4. The average Bonchev–Trinajstić information content (AvgIpc) is 2.95. The van der Waals surface area contributed by atoms with Crippen LogP contribution in [0.4, 0.5) is 0 Å². The summed E-state index contributed by atoms with van der Waals surface area (Å²) in [6, 6.07) is 6.79. The normalized spacial score (nSPS) is 12.8. The van der Waals surface area contributed by atoms with Crippen LogP contribution in [0, 0.1) is 6.92 Å². The quantitative estimate of drug-likeness (QED) is 0.839. The molecule has 1 N–H and O–H groups in total. The number of nitrogens with one attached hydrogen (secondary N) is 1. The van der Waals surface area contributed by atoms with Crippen molar-refractivity contribution in [3.8, 4) is 0 Å². The van der Waals surface area contributed by atoms with Crippen molar-refractivity contribution in [3.05, 3.63) is 46.0 Å². The molecule has 0 saturated heterocycles. The van der Waals surface area contributed by atoms with Gasteiger partial charge in [0.1, 0.15) is 5.76 Å². The highest BCUT2D eigenvalue weighted by atomic mass is 32.1. The van der Waals surface area contributed by atoms with E-state index in [1.165, 1.54) is 10.4 Å². The monoisotopic (exact) mass is 249 g/mol. The van der Waals surface area contributed by atoms with Gasteiger partial charge in [0.25, 0.3) is 0 Å². The van der Waals surface area contributed by atoms with Gasteiger partial charge in [-0.05, 0) is 37.4 Å². The van der Waals surface area contributed by atoms with Crippen molar-refractivity contribution in [1.29, 1.82) is 0 Å². The van der Waals surface area contributed by atoms with Gasteiger partial charge in [0, 0.05) is 22.9 Å². The predicted octanol–water partition coefficient (Wildman–Crippen LogP) is 3.93. The molecule has 2 nitrogen and oxygen atoms in total. The van der Waals surface area contributed by atoms with Crippen LogP contribution in [-0.2, 0) is 6.42 Å². The van der Waals surface area contributed by atoms with Crippen LogP contribution in [-0.4, -0.2) is 6.54 Å². The van der Waals surface area contributed by atoms with Gasteiger partial charge < -0.3 is 9.73 Å². The van der Waals surface area contributed by atoms with Crippen LogP contribution in [0.1, 0.15) is 35.6 Å². The van der Waals surface area contributed by atoms with E-state index in [0.717, 1.165) is 25.1 Å². The van der Waals surface area contributed by atoms with Gasteiger partial charge in [-0.3, -0.25) is 0 Å². The Balaban J connectivity index is 2.07. The molecule has 0 aliphatic heterocycles. The largest absolute Gasteiger partial charge is 0.469 e. The van der Waals surface area contributed by atoms with Crippen LogP contribution in [0.5, 0.6) is 0 Å². The first kappa shape index (κ1) is 12.4. The summed E-state index contributed by atoms with van der Waals surface area (Å²) in [6.07, 6.45) is 4.06. The van der Waals surface area contributed by atoms with Crippen LogP contribution in [0.15, 0.2) is 34.3 Å². The molecule has 1 atom stereocenters. The summed E-state index contributed by atoms with van der Waals surface area (Å²) in [7, 11) is 0. The lowest BCUT2D eigenvalue weighted by molar-refractivity contribution is 0.505. The molecule has 1 unspecified atom stereocenters. The Morgan fingerprint density at radius 1 is 1.47 bits per heavy atom. The van der Waals surface area contributed by atoms with Gasteiger partial charge in [-0.1, -0.05) is 13.0 Å². The summed E-state index contributed by atoms with van der Waals surface area (Å²) in [4.78, 5) is 1.41. The molecule has 0 aliphatic rings. The fourth-order valence-electron chi connectivity index (χ4n) is 1.90. The number of hydrogen-bond acceptors (Lipinski definition) is 3. The maximum absolute atomic E-state index is 5.41. The highest BCUT2D eigenvalue weighted by Crippen LogP contribution is 2.23. The summed E-state index contributed by atoms with van der Waals surface area (Å²) < 4.78 is 5.41. The third-order valence-corrected chi connectivity index (χ3v) is 3.68. The molecule has 2 rings (SSSR count). The maximum Gasteiger partial charge on any atom is 0.101 e. The smallest absolute Gasteiger partial charge is 0.101 e. The number of rotatable bonds is 6. The molecule has 0 saturated carbocycles. The van der Waals surface area contributed by atoms with Crippen molar-refractivity contribution in [2.45, 2.75) is 32.7 Å². The highest BCUT2D eigenvalue weighted by molar-refractivity contribution is 7.09. The third kappa shape index (κ3) is 3.45. The van der Waals surface area contributed by atoms with E-state index in [1.54, 1.807) is 0 Å². The number of furan rings is 1. The average molecular weight is 249 g/mol. The summed E-state index contributed by atoms with van der Waals surface area (Å²) in [6.45, 7) is 5.22. The van der Waals surface area contributed by atoms with Gasteiger partial charge in [-0.25, -0.2) is 0 Å². The Kier molecular flexibility index (Phi) is 4.40. The molecule has 0 amide bonds. The zero-order chi connectivity index (χ0) is 12.1. The maximum atomic E-state index is 5.41. The summed E-state index contributed by atoms with van der Waals surface area (Å²) >= 11 is 1.82. The van der Waals surface area contributed by atoms with Gasteiger partial charge in [-0.15, -0.1) is 11.3 Å². The minimum absolute atomic E-state index is 0.367. The molecule has 2 aromatic rings. The van der Waals surface area contributed by atoms with Gasteiger partial charge in [0.15, 0.2) is 0 Å². The van der Waals surface area contributed by atoms with Crippen LogP contribution >= 0.6 is 11.3 Å². The van der Waals surface area contributed by atoms with Crippen LogP contribution in [0.2, 0.25) is 0 Å². The Hall–Kier alpha value is -1.06. The number of aryl methyl sites for hydroxylation is 1. The van der Waals surface area contributed by atoms with E-state index < -0.39 is 0 Å². The Morgan fingerprint density at radius 2 is 2.35 bits per heavy atom. The second kappa shape index (κ2) is 6.03. The highest BCUT2D eigenvalue weighted by Gasteiger charge is 2.14. The summed E-state index contributed by atoms with van der Waals surface area (Å²) in [5, 5.41) is 5.72. The lowest BCUT2D eigenvalue weighted by Crippen LogP contribution is -2.23. The van der Waals surface area contributed by atoms with Crippen LogP contribution in [0.3, 0.4) is 0 Å². The molecule has 0 radical (unpaired) electrons. The first-order valence-electron chi connectivity index (χ1n) is 6.10. The molecule has 0 fully saturated rings. The van der Waals surface area contributed by atoms with Crippen molar-refractivity contribution >= 4 is 11.3 Å². The third-order valence-electron chi connectivity index (χ3n) is 2.78. The fourth-order valence-corrected chi connectivity index (χ4v) is 2.65. The summed E-state index contributed by atoms with van der Waals surface area (Å²) in [5.74, 6) is 0.981. The van der Waals surface area contributed by atoms with Crippen LogP contribution in [0.25, 0.3) is 0 Å². The van der Waals surface area contributed by atoms with Crippen molar-refractivity contribution in [2.75, 3.05) is 6.54 Å². The minimum Gasteiger partial charge on any atom is -0.469 e. The van der Waals surface area contributed by atoms with Gasteiger partial charge in [-0.2, -0.15) is 0 Å². The second-order valence-corrected chi connectivity index (χ2v) is 5.31. The van der Waals surface area contributed by atoms with Gasteiger partial charge in [0.2, 0.25) is 0 Å². The van der Waals surface area contributed by atoms with Crippen LogP contribution < -0.4 is 5.32 Å². The SMILES string of the molecule is CCCNC(Cc1cccs1)c1coc(C)c1. The molecule has 92 valence electrons. The van der Waals surface area contributed by atoms with Crippen molar-refractivity contribution in [3.63, 3.8) is 0 Å². The minimum atomic E-state index is 0.367. The molecular weight excluding hydrogens is 230 g/mol. The number of hydrogen-bond donors (Lipinski definition) is 1. The molecule has 17 heavy (non-hydrogen) atoms. The molecule has 0 spiro atoms.